The van der Waals surface area contributed by atoms with Gasteiger partial charge in [-0.1, -0.05) is 32.0 Å². The van der Waals surface area contributed by atoms with E-state index in [-0.39, 0.29) is 11.5 Å². The number of benzene rings is 1. The van der Waals surface area contributed by atoms with E-state index in [4.69, 9.17) is 5.73 Å². The number of carbonyl (C=O) groups is 1. The molecule has 1 saturated heterocycles. The third kappa shape index (κ3) is 1.99. The largest absolute Gasteiger partial charge is 0.326 e. The van der Waals surface area contributed by atoms with Gasteiger partial charge in [0, 0.05) is 18.7 Å². The van der Waals surface area contributed by atoms with Crippen LogP contribution in [0.3, 0.4) is 0 Å². The summed E-state index contributed by atoms with van der Waals surface area (Å²) in [7, 11) is 0. The van der Waals surface area contributed by atoms with Crippen molar-refractivity contribution in [3.05, 3.63) is 34.9 Å². The first-order valence-corrected chi connectivity index (χ1v) is 8.66. The fourth-order valence-electron chi connectivity index (χ4n) is 4.58. The van der Waals surface area contributed by atoms with Crippen molar-refractivity contribution in [1.29, 1.82) is 0 Å². The zero-order valence-corrected chi connectivity index (χ0v) is 13.6. The number of rotatable bonds is 3. The van der Waals surface area contributed by atoms with E-state index < -0.39 is 0 Å². The first kappa shape index (κ1) is 14.4. The van der Waals surface area contributed by atoms with Crippen LogP contribution in [-0.4, -0.2) is 29.8 Å². The van der Waals surface area contributed by atoms with Crippen LogP contribution in [0.1, 0.15) is 54.6 Å². The topological polar surface area (TPSA) is 46.3 Å². The van der Waals surface area contributed by atoms with Crippen LogP contribution in [0.15, 0.2) is 18.2 Å². The van der Waals surface area contributed by atoms with Gasteiger partial charge >= 0.3 is 0 Å². The van der Waals surface area contributed by atoms with Gasteiger partial charge in [0.2, 0.25) is 0 Å². The summed E-state index contributed by atoms with van der Waals surface area (Å²) in [6, 6.07) is 6.32. The number of hydrogen-bond acceptors (Lipinski definition) is 3. The predicted octanol–water partition coefficient (Wildman–Crippen LogP) is 2.72. The lowest BCUT2D eigenvalue weighted by atomic mass is 9.58. The monoisotopic (exact) mass is 298 g/mol. The molecule has 3 nitrogen and oxygen atoms in total. The SMILES string of the molecule is C[C@H]1[C@H]2C(=O)c3ccc(CN)cc3[C@]1(C)CCN2CC1CC1. The Labute approximate surface area is 132 Å². The highest BCUT2D eigenvalue weighted by Crippen LogP contribution is 2.49. The molecule has 2 fully saturated rings. The molecule has 1 aromatic carbocycles. The van der Waals surface area contributed by atoms with Crippen molar-refractivity contribution in [3.8, 4) is 0 Å². The third-order valence-corrected chi connectivity index (χ3v) is 6.45. The van der Waals surface area contributed by atoms with E-state index in [1.807, 2.05) is 12.1 Å². The van der Waals surface area contributed by atoms with Crippen LogP contribution in [0.5, 0.6) is 0 Å². The molecule has 3 heteroatoms. The molecule has 0 unspecified atom stereocenters. The summed E-state index contributed by atoms with van der Waals surface area (Å²) in [5, 5.41) is 0. The molecule has 0 aromatic heterocycles. The fraction of sp³-hybridized carbons (Fsp3) is 0.632. The smallest absolute Gasteiger partial charge is 0.180 e. The second-order valence-corrected chi connectivity index (χ2v) is 7.79. The molecule has 4 rings (SSSR count). The molecule has 1 aromatic rings. The molecule has 0 amide bonds. The minimum Gasteiger partial charge on any atom is -0.326 e. The van der Waals surface area contributed by atoms with E-state index in [0.717, 1.165) is 36.6 Å². The number of ketones is 1. The van der Waals surface area contributed by atoms with Crippen LogP contribution in [-0.2, 0) is 12.0 Å². The maximum absolute atomic E-state index is 13.1. The van der Waals surface area contributed by atoms with Crippen molar-refractivity contribution in [3.63, 3.8) is 0 Å². The molecule has 1 heterocycles. The lowest BCUT2D eigenvalue weighted by molar-refractivity contribution is 0.0266. The number of nitrogens with two attached hydrogens (primary N) is 1. The standard InChI is InChI=1S/C19H26N2O/c1-12-17-18(22)15-6-5-14(10-20)9-16(15)19(12,2)7-8-21(17)11-13-3-4-13/h5-6,9,12-13,17H,3-4,7-8,10-11,20H2,1-2H3/t12-,17-,19+/m0/s1. The van der Waals surface area contributed by atoms with Crippen molar-refractivity contribution in [2.45, 2.75) is 51.1 Å². The minimum atomic E-state index is 0.0792. The minimum absolute atomic E-state index is 0.0792. The summed E-state index contributed by atoms with van der Waals surface area (Å²) in [5.41, 5.74) is 9.26. The van der Waals surface area contributed by atoms with Crippen molar-refractivity contribution in [2.75, 3.05) is 13.1 Å². The first-order chi connectivity index (χ1) is 10.5. The van der Waals surface area contributed by atoms with Gasteiger partial charge in [-0.05, 0) is 54.2 Å². The van der Waals surface area contributed by atoms with Crippen LogP contribution in [0.25, 0.3) is 0 Å². The molecule has 1 aliphatic heterocycles. The summed E-state index contributed by atoms with van der Waals surface area (Å²) in [6.45, 7) is 7.35. The van der Waals surface area contributed by atoms with Crippen LogP contribution in [0.2, 0.25) is 0 Å². The van der Waals surface area contributed by atoms with Gasteiger partial charge in [0.25, 0.3) is 0 Å². The lowest BCUT2D eigenvalue weighted by Crippen LogP contribution is -2.61. The second kappa shape index (κ2) is 4.90. The van der Waals surface area contributed by atoms with Crippen LogP contribution in [0, 0.1) is 11.8 Å². The molecule has 1 saturated carbocycles. The fourth-order valence-corrected chi connectivity index (χ4v) is 4.58. The summed E-state index contributed by atoms with van der Waals surface area (Å²) in [4.78, 5) is 15.6. The van der Waals surface area contributed by atoms with Gasteiger partial charge < -0.3 is 5.73 Å². The van der Waals surface area contributed by atoms with Crippen LogP contribution >= 0.6 is 0 Å². The number of Topliss-reactive ketones (excluding diaryl/α,β-unsaturated/α-hetero) is 1. The summed E-state index contributed by atoms with van der Waals surface area (Å²) in [5.74, 6) is 1.56. The number of hydrogen-bond donors (Lipinski definition) is 1. The molecule has 3 aliphatic rings. The van der Waals surface area contributed by atoms with Gasteiger partial charge in [0.1, 0.15) is 0 Å². The third-order valence-electron chi connectivity index (χ3n) is 6.45. The van der Waals surface area contributed by atoms with E-state index in [1.165, 1.54) is 18.4 Å². The van der Waals surface area contributed by atoms with Crippen molar-refractivity contribution in [1.82, 2.24) is 4.90 Å². The molecule has 2 N–H and O–H groups in total. The number of carbonyl (C=O) groups excluding carboxylic acids is 1. The highest BCUT2D eigenvalue weighted by molar-refractivity contribution is 6.03. The summed E-state index contributed by atoms with van der Waals surface area (Å²) in [6.07, 6.45) is 3.84. The highest BCUT2D eigenvalue weighted by Gasteiger charge is 2.52. The molecular weight excluding hydrogens is 272 g/mol. The number of fused-ring (bicyclic) bond motifs is 4. The molecule has 0 radical (unpaired) electrons. The van der Waals surface area contributed by atoms with E-state index >= 15 is 0 Å². The highest BCUT2D eigenvalue weighted by atomic mass is 16.1. The van der Waals surface area contributed by atoms with E-state index in [9.17, 15) is 4.79 Å². The maximum atomic E-state index is 13.1. The summed E-state index contributed by atoms with van der Waals surface area (Å²) >= 11 is 0. The second-order valence-electron chi connectivity index (χ2n) is 7.79. The average Bonchev–Trinajstić information content (AvgIpc) is 3.33. The van der Waals surface area contributed by atoms with Gasteiger partial charge in [-0.15, -0.1) is 0 Å². The zero-order chi connectivity index (χ0) is 15.5. The normalized spacial score (nSPS) is 34.6. The lowest BCUT2D eigenvalue weighted by Gasteiger charge is -2.53. The van der Waals surface area contributed by atoms with E-state index in [2.05, 4.69) is 24.8 Å². The van der Waals surface area contributed by atoms with Gasteiger partial charge in [-0.2, -0.15) is 0 Å². The Kier molecular flexibility index (Phi) is 3.21. The molecule has 22 heavy (non-hydrogen) atoms. The molecule has 2 bridgehead atoms. The molecular formula is C19H26N2O. The molecule has 2 aliphatic carbocycles. The van der Waals surface area contributed by atoms with Crippen molar-refractivity contribution >= 4 is 5.78 Å². The first-order valence-electron chi connectivity index (χ1n) is 8.66. The Balaban J connectivity index is 1.78. The quantitative estimate of drug-likeness (QED) is 0.933. The Hall–Kier alpha value is -1.19. The zero-order valence-electron chi connectivity index (χ0n) is 13.6. The molecule has 3 atom stereocenters. The Morgan fingerprint density at radius 1 is 1.36 bits per heavy atom. The van der Waals surface area contributed by atoms with Gasteiger partial charge in [-0.25, -0.2) is 0 Å². The number of nitrogens with zero attached hydrogens (tertiary/aromatic N) is 1. The maximum Gasteiger partial charge on any atom is 0.180 e. The van der Waals surface area contributed by atoms with Crippen LogP contribution < -0.4 is 5.73 Å². The molecule has 0 spiro atoms. The Morgan fingerprint density at radius 2 is 2.14 bits per heavy atom. The average molecular weight is 298 g/mol. The predicted molar refractivity (Wildman–Crippen MR) is 87.9 cm³/mol. The Bertz CT molecular complexity index is 622. The van der Waals surface area contributed by atoms with Gasteiger partial charge in [-0.3, -0.25) is 9.69 Å². The van der Waals surface area contributed by atoms with Crippen LogP contribution in [0.4, 0.5) is 0 Å². The van der Waals surface area contributed by atoms with Crippen molar-refractivity contribution < 1.29 is 4.79 Å². The summed E-state index contributed by atoms with van der Waals surface area (Å²) < 4.78 is 0. The van der Waals surface area contributed by atoms with E-state index in [1.54, 1.807) is 0 Å². The number of likely N-dealkylation sites (tertiary alicyclic amines) is 1. The number of piperidine rings is 1. The van der Waals surface area contributed by atoms with Gasteiger partial charge in [0.15, 0.2) is 5.78 Å². The Morgan fingerprint density at radius 3 is 2.82 bits per heavy atom. The van der Waals surface area contributed by atoms with Gasteiger partial charge in [0.05, 0.1) is 6.04 Å². The van der Waals surface area contributed by atoms with E-state index in [0.29, 0.717) is 18.2 Å². The molecule has 118 valence electrons. The van der Waals surface area contributed by atoms with Crippen molar-refractivity contribution in [2.24, 2.45) is 17.6 Å².